The van der Waals surface area contributed by atoms with Crippen LogP contribution in [0.4, 0.5) is 0 Å². The summed E-state index contributed by atoms with van der Waals surface area (Å²) in [6.45, 7) is 2.51. The van der Waals surface area contributed by atoms with E-state index < -0.39 is 0 Å². The zero-order chi connectivity index (χ0) is 14.9. The van der Waals surface area contributed by atoms with E-state index in [9.17, 15) is 4.79 Å². The molecule has 22 heavy (non-hydrogen) atoms. The molecule has 1 saturated heterocycles. The molecule has 0 unspecified atom stereocenters. The predicted octanol–water partition coefficient (Wildman–Crippen LogP) is 2.63. The highest BCUT2D eigenvalue weighted by molar-refractivity contribution is 14.0. The number of rotatable bonds is 4. The highest BCUT2D eigenvalue weighted by Crippen LogP contribution is 2.17. The molecule has 1 heterocycles. The molecule has 5 nitrogen and oxygen atoms in total. The van der Waals surface area contributed by atoms with Gasteiger partial charge in [0.05, 0.1) is 6.54 Å². The summed E-state index contributed by atoms with van der Waals surface area (Å²) in [6.07, 6.45) is 11.5. The number of amides is 1. The number of halogens is 1. The van der Waals surface area contributed by atoms with Gasteiger partial charge in [-0.05, 0) is 25.7 Å². The third kappa shape index (κ3) is 7.15. The average molecular weight is 422 g/mol. The third-order valence-electron chi connectivity index (χ3n) is 4.51. The second-order valence-electron chi connectivity index (χ2n) is 6.29. The van der Waals surface area contributed by atoms with Crippen LogP contribution in [0.25, 0.3) is 0 Å². The maximum atomic E-state index is 11.9. The quantitative estimate of drug-likeness (QED) is 0.416. The summed E-state index contributed by atoms with van der Waals surface area (Å²) in [4.78, 5) is 18.4. The number of carbonyl (C=O) groups excluding carboxylic acids is 1. The van der Waals surface area contributed by atoms with Crippen molar-refractivity contribution in [2.45, 2.75) is 70.3 Å². The molecule has 0 aromatic rings. The zero-order valence-corrected chi connectivity index (χ0v) is 15.9. The van der Waals surface area contributed by atoms with Gasteiger partial charge in [-0.3, -0.25) is 9.79 Å². The monoisotopic (exact) mass is 422 g/mol. The fraction of sp³-hybridized carbons (Fsp3) is 0.875. The van der Waals surface area contributed by atoms with Crippen molar-refractivity contribution in [3.63, 3.8) is 0 Å². The molecule has 2 rings (SSSR count). The summed E-state index contributed by atoms with van der Waals surface area (Å²) >= 11 is 0. The van der Waals surface area contributed by atoms with Crippen molar-refractivity contribution >= 4 is 35.8 Å². The lowest BCUT2D eigenvalue weighted by molar-refractivity contribution is -0.121. The maximum absolute atomic E-state index is 11.9. The maximum Gasteiger partial charge on any atom is 0.222 e. The predicted molar refractivity (Wildman–Crippen MR) is 102 cm³/mol. The van der Waals surface area contributed by atoms with Crippen molar-refractivity contribution in [1.82, 2.24) is 10.2 Å². The lowest BCUT2D eigenvalue weighted by atomic mass is 9.95. The van der Waals surface area contributed by atoms with Gasteiger partial charge in [0.1, 0.15) is 0 Å². The summed E-state index contributed by atoms with van der Waals surface area (Å²) in [5, 5.41) is 3.12. The minimum absolute atomic E-state index is 0. The highest BCUT2D eigenvalue weighted by atomic mass is 127. The average Bonchev–Trinajstić information content (AvgIpc) is 2.77. The summed E-state index contributed by atoms with van der Waals surface area (Å²) in [6, 6.07) is 0.387. The van der Waals surface area contributed by atoms with Crippen LogP contribution in [0.3, 0.4) is 0 Å². The second kappa shape index (κ2) is 11.1. The van der Waals surface area contributed by atoms with Gasteiger partial charge in [-0.25, -0.2) is 0 Å². The molecule has 0 aromatic carbocycles. The van der Waals surface area contributed by atoms with Gasteiger partial charge in [-0.2, -0.15) is 0 Å². The van der Waals surface area contributed by atoms with Crippen molar-refractivity contribution in [2.75, 3.05) is 19.6 Å². The number of guanidine groups is 1. The molecule has 0 aromatic heterocycles. The number of nitrogens with zero attached hydrogens (tertiary/aromatic N) is 2. The SMILES string of the molecule is I.NC(=NCCC(=O)NC1CCCCC1)N1CCCCCC1. The molecule has 2 aliphatic rings. The summed E-state index contributed by atoms with van der Waals surface area (Å²) < 4.78 is 0. The van der Waals surface area contributed by atoms with Crippen LogP contribution in [0.2, 0.25) is 0 Å². The fourth-order valence-electron chi connectivity index (χ4n) is 3.22. The van der Waals surface area contributed by atoms with Crippen LogP contribution in [0, 0.1) is 0 Å². The van der Waals surface area contributed by atoms with Crippen molar-refractivity contribution in [3.05, 3.63) is 0 Å². The summed E-state index contributed by atoms with van der Waals surface area (Å²) in [5.41, 5.74) is 6.03. The van der Waals surface area contributed by atoms with Crippen LogP contribution in [-0.4, -0.2) is 42.4 Å². The van der Waals surface area contributed by atoms with E-state index in [1.165, 1.54) is 44.9 Å². The van der Waals surface area contributed by atoms with Gasteiger partial charge in [0.15, 0.2) is 5.96 Å². The Labute approximate surface area is 151 Å². The van der Waals surface area contributed by atoms with Crippen LogP contribution in [-0.2, 0) is 4.79 Å². The molecule has 2 fully saturated rings. The summed E-state index contributed by atoms with van der Waals surface area (Å²) in [5.74, 6) is 0.733. The highest BCUT2D eigenvalue weighted by Gasteiger charge is 2.15. The third-order valence-corrected chi connectivity index (χ3v) is 4.51. The standard InChI is InChI=1S/C16H30N4O.HI/c17-16(20-12-6-1-2-7-13-20)18-11-10-15(21)19-14-8-4-3-5-9-14;/h14H,1-13H2,(H2,17,18)(H,19,21);1H. The minimum atomic E-state index is 0. The van der Waals surface area contributed by atoms with Crippen LogP contribution >= 0.6 is 24.0 Å². The van der Waals surface area contributed by atoms with Gasteiger partial charge in [-0.1, -0.05) is 32.1 Å². The molecule has 6 heteroatoms. The number of nitrogens with one attached hydrogen (secondary N) is 1. The van der Waals surface area contributed by atoms with Crippen molar-refractivity contribution in [3.8, 4) is 0 Å². The largest absolute Gasteiger partial charge is 0.370 e. The topological polar surface area (TPSA) is 70.7 Å². The Bertz CT molecular complexity index is 348. The Hall–Kier alpha value is -0.530. The molecule has 0 bridgehead atoms. The normalized spacial score (nSPS) is 20.9. The first-order valence-corrected chi connectivity index (χ1v) is 8.60. The van der Waals surface area contributed by atoms with Gasteiger partial charge < -0.3 is 16.0 Å². The van der Waals surface area contributed by atoms with Crippen molar-refractivity contribution in [1.29, 1.82) is 0 Å². The summed E-state index contributed by atoms with van der Waals surface area (Å²) in [7, 11) is 0. The van der Waals surface area contributed by atoms with Crippen LogP contribution in [0.1, 0.15) is 64.2 Å². The Morgan fingerprint density at radius 1 is 1.05 bits per heavy atom. The lowest BCUT2D eigenvalue weighted by Crippen LogP contribution is -2.39. The molecule has 3 N–H and O–H groups in total. The van der Waals surface area contributed by atoms with Gasteiger partial charge in [0.25, 0.3) is 0 Å². The van der Waals surface area contributed by atoms with Gasteiger partial charge in [0, 0.05) is 25.6 Å². The Morgan fingerprint density at radius 2 is 1.64 bits per heavy atom. The van der Waals surface area contributed by atoms with Crippen molar-refractivity contribution < 1.29 is 4.79 Å². The van der Waals surface area contributed by atoms with E-state index >= 15 is 0 Å². The van der Waals surface area contributed by atoms with Gasteiger partial charge in [-0.15, -0.1) is 24.0 Å². The van der Waals surface area contributed by atoms with Gasteiger partial charge in [0.2, 0.25) is 5.91 Å². The van der Waals surface area contributed by atoms with Crippen molar-refractivity contribution in [2.24, 2.45) is 10.7 Å². The zero-order valence-electron chi connectivity index (χ0n) is 13.6. The lowest BCUT2D eigenvalue weighted by Gasteiger charge is -2.23. The van der Waals surface area contributed by atoms with E-state index in [1.54, 1.807) is 0 Å². The molecular formula is C16H31IN4O. The molecule has 128 valence electrons. The molecule has 1 saturated carbocycles. The van der Waals surface area contributed by atoms with Gasteiger partial charge >= 0.3 is 0 Å². The number of nitrogens with two attached hydrogens (primary N) is 1. The molecule has 0 radical (unpaired) electrons. The van der Waals surface area contributed by atoms with E-state index in [1.807, 2.05) is 0 Å². The minimum Gasteiger partial charge on any atom is -0.370 e. The van der Waals surface area contributed by atoms with E-state index in [0.717, 1.165) is 25.9 Å². The van der Waals surface area contributed by atoms with Crippen LogP contribution < -0.4 is 11.1 Å². The Morgan fingerprint density at radius 3 is 2.27 bits per heavy atom. The number of carbonyl (C=O) groups is 1. The van der Waals surface area contributed by atoms with E-state index in [2.05, 4.69) is 15.2 Å². The number of hydrogen-bond acceptors (Lipinski definition) is 2. The molecule has 0 spiro atoms. The number of aliphatic imine (C=N–C) groups is 1. The van der Waals surface area contributed by atoms with E-state index in [-0.39, 0.29) is 29.9 Å². The van der Waals surface area contributed by atoms with E-state index in [0.29, 0.717) is 25.0 Å². The second-order valence-corrected chi connectivity index (χ2v) is 6.29. The van der Waals surface area contributed by atoms with E-state index in [4.69, 9.17) is 5.73 Å². The number of likely N-dealkylation sites (tertiary alicyclic amines) is 1. The molecule has 1 aliphatic carbocycles. The first-order valence-electron chi connectivity index (χ1n) is 8.60. The first-order chi connectivity index (χ1) is 10.3. The molecule has 0 atom stereocenters. The number of hydrogen-bond donors (Lipinski definition) is 2. The Balaban J connectivity index is 0.00000242. The Kier molecular flexibility index (Phi) is 9.82. The molecular weight excluding hydrogens is 391 g/mol. The van der Waals surface area contributed by atoms with Crippen LogP contribution in [0.15, 0.2) is 4.99 Å². The molecule has 1 aliphatic heterocycles. The van der Waals surface area contributed by atoms with Crippen LogP contribution in [0.5, 0.6) is 0 Å². The smallest absolute Gasteiger partial charge is 0.222 e. The first kappa shape index (κ1) is 19.5. The fourth-order valence-corrected chi connectivity index (χ4v) is 3.22. The molecule has 1 amide bonds.